The SMILES string of the molecule is COc1ccccc1-c1c(C(F)(F)F)oc2cc(OCc3cccc(F)c3)ccc2c1=O. The van der Waals surface area contributed by atoms with Crippen LogP contribution in [0.15, 0.2) is 75.9 Å². The first-order valence-electron chi connectivity index (χ1n) is 9.46. The highest BCUT2D eigenvalue weighted by atomic mass is 19.4. The van der Waals surface area contributed by atoms with Gasteiger partial charge in [-0.25, -0.2) is 4.39 Å². The van der Waals surface area contributed by atoms with Crippen molar-refractivity contribution in [3.63, 3.8) is 0 Å². The third-order valence-electron chi connectivity index (χ3n) is 4.79. The first-order chi connectivity index (χ1) is 15.3. The lowest BCUT2D eigenvalue weighted by Crippen LogP contribution is -2.16. The summed E-state index contributed by atoms with van der Waals surface area (Å²) in [6.07, 6.45) is -4.93. The third kappa shape index (κ3) is 4.16. The molecule has 0 saturated carbocycles. The Kier molecular flexibility index (Phi) is 5.61. The molecule has 0 saturated heterocycles. The van der Waals surface area contributed by atoms with Crippen LogP contribution in [-0.2, 0) is 12.8 Å². The van der Waals surface area contributed by atoms with Gasteiger partial charge < -0.3 is 13.9 Å². The number of fused-ring (bicyclic) bond motifs is 1. The highest BCUT2D eigenvalue weighted by Crippen LogP contribution is 2.40. The maximum Gasteiger partial charge on any atom is 0.450 e. The monoisotopic (exact) mass is 444 g/mol. The van der Waals surface area contributed by atoms with Gasteiger partial charge in [0, 0.05) is 11.6 Å². The molecule has 1 aromatic heterocycles. The van der Waals surface area contributed by atoms with Crippen molar-refractivity contribution in [3.05, 3.63) is 94.1 Å². The summed E-state index contributed by atoms with van der Waals surface area (Å²) in [6, 6.07) is 15.6. The first-order valence-corrected chi connectivity index (χ1v) is 9.46. The van der Waals surface area contributed by atoms with Gasteiger partial charge in [-0.15, -0.1) is 0 Å². The van der Waals surface area contributed by atoms with Crippen molar-refractivity contribution < 1.29 is 31.5 Å². The second-order valence-corrected chi connectivity index (χ2v) is 6.91. The number of benzene rings is 3. The predicted octanol–water partition coefficient (Wildman–Crippen LogP) is 6.21. The average Bonchev–Trinajstić information content (AvgIpc) is 2.77. The lowest BCUT2D eigenvalue weighted by atomic mass is 10.0. The zero-order chi connectivity index (χ0) is 22.9. The Labute approximate surface area is 179 Å². The Balaban J connectivity index is 1.82. The van der Waals surface area contributed by atoms with Crippen LogP contribution in [0.25, 0.3) is 22.1 Å². The van der Waals surface area contributed by atoms with Crippen LogP contribution in [0, 0.1) is 5.82 Å². The fraction of sp³-hybridized carbons (Fsp3) is 0.125. The number of para-hydroxylation sites is 1. The molecule has 0 aliphatic carbocycles. The Morgan fingerprint density at radius 3 is 2.47 bits per heavy atom. The van der Waals surface area contributed by atoms with Gasteiger partial charge in [0.05, 0.1) is 18.1 Å². The zero-order valence-electron chi connectivity index (χ0n) is 16.7. The number of alkyl halides is 3. The van der Waals surface area contributed by atoms with Crippen molar-refractivity contribution in [2.45, 2.75) is 12.8 Å². The zero-order valence-corrected chi connectivity index (χ0v) is 16.7. The van der Waals surface area contributed by atoms with E-state index in [1.54, 1.807) is 12.1 Å². The second kappa shape index (κ2) is 8.37. The summed E-state index contributed by atoms with van der Waals surface area (Å²) in [4.78, 5) is 13.1. The Hall–Kier alpha value is -3.81. The minimum atomic E-state index is -4.93. The van der Waals surface area contributed by atoms with E-state index in [-0.39, 0.29) is 34.6 Å². The fourth-order valence-electron chi connectivity index (χ4n) is 3.35. The van der Waals surface area contributed by atoms with Crippen LogP contribution in [0.4, 0.5) is 17.6 Å². The summed E-state index contributed by atoms with van der Waals surface area (Å²) in [7, 11) is 1.30. The summed E-state index contributed by atoms with van der Waals surface area (Å²) in [5.74, 6) is -1.58. The summed E-state index contributed by atoms with van der Waals surface area (Å²) < 4.78 is 70.7. The molecule has 4 rings (SSSR count). The van der Waals surface area contributed by atoms with Crippen LogP contribution in [0.5, 0.6) is 11.5 Å². The van der Waals surface area contributed by atoms with E-state index in [0.29, 0.717) is 5.56 Å². The molecule has 0 radical (unpaired) electrons. The maximum atomic E-state index is 13.8. The number of rotatable bonds is 5. The maximum absolute atomic E-state index is 13.8. The van der Waals surface area contributed by atoms with E-state index < -0.39 is 28.7 Å². The summed E-state index contributed by atoms with van der Waals surface area (Å²) in [5, 5.41) is -0.0444. The van der Waals surface area contributed by atoms with Gasteiger partial charge >= 0.3 is 6.18 Å². The molecule has 4 nitrogen and oxygen atoms in total. The Morgan fingerprint density at radius 2 is 1.75 bits per heavy atom. The van der Waals surface area contributed by atoms with E-state index in [4.69, 9.17) is 13.9 Å². The molecule has 4 aromatic rings. The Bertz CT molecular complexity index is 1340. The molecule has 0 N–H and O–H groups in total. The second-order valence-electron chi connectivity index (χ2n) is 6.91. The molecule has 0 unspecified atom stereocenters. The highest BCUT2D eigenvalue weighted by Gasteiger charge is 2.40. The summed E-state index contributed by atoms with van der Waals surface area (Å²) in [5.41, 5.74) is -1.24. The van der Waals surface area contributed by atoms with Gasteiger partial charge in [-0.3, -0.25) is 4.79 Å². The molecule has 0 amide bonds. The molecular formula is C24H16F4O4. The van der Waals surface area contributed by atoms with E-state index >= 15 is 0 Å². The van der Waals surface area contributed by atoms with Crippen LogP contribution in [-0.4, -0.2) is 7.11 Å². The largest absolute Gasteiger partial charge is 0.496 e. The van der Waals surface area contributed by atoms with Gasteiger partial charge in [0.25, 0.3) is 0 Å². The molecule has 0 atom stereocenters. The minimum Gasteiger partial charge on any atom is -0.496 e. The molecule has 0 spiro atoms. The molecule has 0 bridgehead atoms. The van der Waals surface area contributed by atoms with E-state index in [1.165, 1.54) is 61.7 Å². The third-order valence-corrected chi connectivity index (χ3v) is 4.79. The van der Waals surface area contributed by atoms with Gasteiger partial charge in [-0.05, 0) is 35.9 Å². The predicted molar refractivity (Wildman–Crippen MR) is 110 cm³/mol. The van der Waals surface area contributed by atoms with Gasteiger partial charge in [0.1, 0.15) is 29.5 Å². The highest BCUT2D eigenvalue weighted by molar-refractivity contribution is 5.85. The first kappa shape index (κ1) is 21.4. The number of ether oxygens (including phenoxy) is 2. The van der Waals surface area contributed by atoms with E-state index in [0.717, 1.165) is 0 Å². The van der Waals surface area contributed by atoms with Gasteiger partial charge in [0.2, 0.25) is 11.2 Å². The fourth-order valence-corrected chi connectivity index (χ4v) is 3.35. The van der Waals surface area contributed by atoms with Gasteiger partial charge in [-0.1, -0.05) is 30.3 Å². The van der Waals surface area contributed by atoms with Crippen LogP contribution < -0.4 is 14.9 Å². The van der Waals surface area contributed by atoms with E-state index in [1.807, 2.05) is 0 Å². The molecule has 8 heteroatoms. The van der Waals surface area contributed by atoms with Crippen LogP contribution in [0.3, 0.4) is 0 Å². The average molecular weight is 444 g/mol. The van der Waals surface area contributed by atoms with Crippen LogP contribution in [0.2, 0.25) is 0 Å². The quantitative estimate of drug-likeness (QED) is 0.344. The summed E-state index contributed by atoms with van der Waals surface area (Å²) >= 11 is 0. The Morgan fingerprint density at radius 1 is 0.969 bits per heavy atom. The number of hydrogen-bond acceptors (Lipinski definition) is 4. The van der Waals surface area contributed by atoms with Gasteiger partial charge in [-0.2, -0.15) is 13.2 Å². The van der Waals surface area contributed by atoms with E-state index in [2.05, 4.69) is 0 Å². The molecule has 1 heterocycles. The smallest absolute Gasteiger partial charge is 0.450 e. The lowest BCUT2D eigenvalue weighted by molar-refractivity contribution is -0.152. The van der Waals surface area contributed by atoms with Crippen molar-refractivity contribution in [2.24, 2.45) is 0 Å². The molecule has 3 aromatic carbocycles. The molecule has 32 heavy (non-hydrogen) atoms. The minimum absolute atomic E-state index is 0.0150. The number of methoxy groups -OCH3 is 1. The topological polar surface area (TPSA) is 48.7 Å². The molecule has 0 aliphatic heterocycles. The van der Waals surface area contributed by atoms with Gasteiger partial charge in [0.15, 0.2) is 0 Å². The number of halogens is 4. The molecule has 0 fully saturated rings. The molecule has 0 aliphatic rings. The summed E-state index contributed by atoms with van der Waals surface area (Å²) in [6.45, 7) is -0.0150. The van der Waals surface area contributed by atoms with Crippen molar-refractivity contribution in [1.29, 1.82) is 0 Å². The van der Waals surface area contributed by atoms with Crippen molar-refractivity contribution in [2.75, 3.05) is 7.11 Å². The standard InChI is InChI=1S/C24H16F4O4/c1-30-19-8-3-2-7-17(19)21-22(29)18-10-9-16(12-20(18)32-23(21)24(26,27)28)31-13-14-5-4-6-15(25)11-14/h2-12H,13H2,1H3. The van der Waals surface area contributed by atoms with Crippen molar-refractivity contribution >= 4 is 11.0 Å². The molecular weight excluding hydrogens is 428 g/mol. The lowest BCUT2D eigenvalue weighted by Gasteiger charge is -2.15. The van der Waals surface area contributed by atoms with Crippen molar-refractivity contribution in [1.82, 2.24) is 0 Å². The van der Waals surface area contributed by atoms with Crippen LogP contribution >= 0.6 is 0 Å². The van der Waals surface area contributed by atoms with Crippen LogP contribution in [0.1, 0.15) is 11.3 Å². The number of hydrogen-bond donors (Lipinski definition) is 0. The van der Waals surface area contributed by atoms with Crippen molar-refractivity contribution in [3.8, 4) is 22.6 Å². The normalized spacial score (nSPS) is 11.5. The van der Waals surface area contributed by atoms with E-state index in [9.17, 15) is 22.4 Å². The molecule has 164 valence electrons.